The summed E-state index contributed by atoms with van der Waals surface area (Å²) in [4.78, 5) is 0. The smallest absolute Gasteiger partial charge is 0.122 e. The second kappa shape index (κ2) is 4.49. The molecule has 0 aromatic carbocycles. The summed E-state index contributed by atoms with van der Waals surface area (Å²) in [6.45, 7) is 2.13. The van der Waals surface area contributed by atoms with E-state index in [1.807, 2.05) is 18.2 Å². The molecule has 0 fully saturated rings. The van der Waals surface area contributed by atoms with E-state index < -0.39 is 0 Å². The number of hydrogen-bond acceptors (Lipinski definition) is 2. The zero-order chi connectivity index (χ0) is 10.7. The van der Waals surface area contributed by atoms with E-state index in [2.05, 4.69) is 13.0 Å². The number of aliphatic hydroxyl groups is 1. The summed E-state index contributed by atoms with van der Waals surface area (Å²) >= 11 is 0. The van der Waals surface area contributed by atoms with Crippen molar-refractivity contribution in [2.75, 3.05) is 0 Å². The van der Waals surface area contributed by atoms with Crippen LogP contribution in [0.3, 0.4) is 0 Å². The molecule has 15 heavy (non-hydrogen) atoms. The number of aliphatic hydroxyl groups excluding tert-OH is 1. The standard InChI is InChI=1S/C13H16O2/c1-10-2-6-12(7-3-10)15-13-8-4-11(14)5-9-13/h2,4,6,8-9,11,14H,3,5,7H2,1H3. The SMILES string of the molecule is CC1=CC=C(OC2=CCC(O)C=C2)CC1. The molecule has 2 rings (SSSR count). The normalized spacial score (nSPS) is 25.5. The summed E-state index contributed by atoms with van der Waals surface area (Å²) in [5, 5.41) is 9.26. The molecule has 0 saturated heterocycles. The first-order chi connectivity index (χ1) is 7.24. The lowest BCUT2D eigenvalue weighted by molar-refractivity contribution is 0.217. The van der Waals surface area contributed by atoms with Crippen molar-refractivity contribution in [2.45, 2.75) is 32.3 Å². The highest BCUT2D eigenvalue weighted by molar-refractivity contribution is 5.24. The molecule has 0 aliphatic heterocycles. The third-order valence-corrected chi connectivity index (χ3v) is 2.61. The van der Waals surface area contributed by atoms with E-state index in [0.717, 1.165) is 24.4 Å². The van der Waals surface area contributed by atoms with Crippen molar-refractivity contribution in [3.8, 4) is 0 Å². The first kappa shape index (κ1) is 10.2. The van der Waals surface area contributed by atoms with Gasteiger partial charge in [0, 0.05) is 6.42 Å². The molecule has 2 nitrogen and oxygen atoms in total. The minimum absolute atomic E-state index is 0.347. The van der Waals surface area contributed by atoms with Gasteiger partial charge >= 0.3 is 0 Å². The summed E-state index contributed by atoms with van der Waals surface area (Å²) in [6.07, 6.45) is 12.0. The molecule has 0 bridgehead atoms. The maximum Gasteiger partial charge on any atom is 0.122 e. The lowest BCUT2D eigenvalue weighted by Gasteiger charge is -2.16. The van der Waals surface area contributed by atoms with Crippen LogP contribution in [0.25, 0.3) is 0 Å². The van der Waals surface area contributed by atoms with Crippen LogP contribution in [0.2, 0.25) is 0 Å². The molecule has 1 atom stereocenters. The fourth-order valence-electron chi connectivity index (χ4n) is 1.62. The van der Waals surface area contributed by atoms with Gasteiger partial charge in [-0.15, -0.1) is 0 Å². The summed E-state index contributed by atoms with van der Waals surface area (Å²) in [7, 11) is 0. The van der Waals surface area contributed by atoms with E-state index in [1.54, 1.807) is 6.08 Å². The molecule has 80 valence electrons. The lowest BCUT2D eigenvalue weighted by Crippen LogP contribution is -2.06. The Bertz CT molecular complexity index is 359. The van der Waals surface area contributed by atoms with Crippen LogP contribution in [0.15, 0.2) is 47.5 Å². The highest BCUT2D eigenvalue weighted by atomic mass is 16.5. The van der Waals surface area contributed by atoms with Crippen LogP contribution < -0.4 is 0 Å². The summed E-state index contributed by atoms with van der Waals surface area (Å²) in [5.74, 6) is 1.85. The van der Waals surface area contributed by atoms with Crippen molar-refractivity contribution < 1.29 is 9.84 Å². The van der Waals surface area contributed by atoms with Gasteiger partial charge in [0.25, 0.3) is 0 Å². The Morgan fingerprint density at radius 1 is 1.33 bits per heavy atom. The van der Waals surface area contributed by atoms with Gasteiger partial charge in [0.05, 0.1) is 6.10 Å². The monoisotopic (exact) mass is 204 g/mol. The number of allylic oxidation sites excluding steroid dienone is 5. The van der Waals surface area contributed by atoms with E-state index in [1.165, 1.54) is 5.57 Å². The van der Waals surface area contributed by atoms with Crippen LogP contribution in [0.1, 0.15) is 26.2 Å². The van der Waals surface area contributed by atoms with E-state index in [-0.39, 0.29) is 6.10 Å². The van der Waals surface area contributed by atoms with Gasteiger partial charge in [0.1, 0.15) is 11.5 Å². The fraction of sp³-hybridized carbons (Fsp3) is 0.385. The highest BCUT2D eigenvalue weighted by Crippen LogP contribution is 2.23. The van der Waals surface area contributed by atoms with Crippen LogP contribution in [-0.4, -0.2) is 11.2 Å². The fourth-order valence-corrected chi connectivity index (χ4v) is 1.62. The molecule has 1 unspecified atom stereocenters. The van der Waals surface area contributed by atoms with Crippen molar-refractivity contribution >= 4 is 0 Å². The van der Waals surface area contributed by atoms with Gasteiger partial charge in [-0.05, 0) is 38.0 Å². The highest BCUT2D eigenvalue weighted by Gasteiger charge is 2.09. The summed E-state index contributed by atoms with van der Waals surface area (Å²) < 4.78 is 5.71. The molecular weight excluding hydrogens is 188 g/mol. The zero-order valence-electron chi connectivity index (χ0n) is 8.94. The van der Waals surface area contributed by atoms with Crippen LogP contribution in [0.5, 0.6) is 0 Å². The number of ether oxygens (including phenoxy) is 1. The first-order valence-electron chi connectivity index (χ1n) is 5.34. The van der Waals surface area contributed by atoms with Gasteiger partial charge < -0.3 is 9.84 Å². The summed E-state index contributed by atoms with van der Waals surface area (Å²) in [6, 6.07) is 0. The van der Waals surface area contributed by atoms with Crippen molar-refractivity contribution in [2.24, 2.45) is 0 Å². The third kappa shape index (κ3) is 2.83. The van der Waals surface area contributed by atoms with Gasteiger partial charge in [0.2, 0.25) is 0 Å². The van der Waals surface area contributed by atoms with E-state index in [4.69, 9.17) is 4.74 Å². The molecule has 0 amide bonds. The second-order valence-electron chi connectivity index (χ2n) is 4.02. The average Bonchev–Trinajstić information content (AvgIpc) is 2.25. The molecular formula is C13H16O2. The maximum atomic E-state index is 9.26. The molecule has 0 saturated carbocycles. The Kier molecular flexibility index (Phi) is 3.07. The van der Waals surface area contributed by atoms with E-state index >= 15 is 0 Å². The zero-order valence-corrected chi connectivity index (χ0v) is 8.94. The Morgan fingerprint density at radius 2 is 2.20 bits per heavy atom. The quantitative estimate of drug-likeness (QED) is 0.749. The Hall–Kier alpha value is -1.28. The molecule has 2 aliphatic carbocycles. The molecule has 2 aliphatic rings. The molecule has 1 N–H and O–H groups in total. The van der Waals surface area contributed by atoms with Crippen LogP contribution >= 0.6 is 0 Å². The Labute approximate surface area is 90.3 Å². The second-order valence-corrected chi connectivity index (χ2v) is 4.02. The van der Waals surface area contributed by atoms with E-state index in [0.29, 0.717) is 6.42 Å². The molecule has 0 radical (unpaired) electrons. The molecule has 0 heterocycles. The van der Waals surface area contributed by atoms with Crippen LogP contribution in [0, 0.1) is 0 Å². The molecule has 0 spiro atoms. The third-order valence-electron chi connectivity index (χ3n) is 2.61. The van der Waals surface area contributed by atoms with Crippen molar-refractivity contribution in [3.05, 3.63) is 47.5 Å². The van der Waals surface area contributed by atoms with Gasteiger partial charge in [0.15, 0.2) is 0 Å². The minimum atomic E-state index is -0.347. The van der Waals surface area contributed by atoms with Crippen LogP contribution in [-0.2, 0) is 4.74 Å². The van der Waals surface area contributed by atoms with E-state index in [9.17, 15) is 5.11 Å². The predicted molar refractivity (Wildman–Crippen MR) is 60.0 cm³/mol. The topological polar surface area (TPSA) is 29.5 Å². The van der Waals surface area contributed by atoms with Crippen LogP contribution in [0.4, 0.5) is 0 Å². The predicted octanol–water partition coefficient (Wildman–Crippen LogP) is 2.83. The van der Waals surface area contributed by atoms with Crippen molar-refractivity contribution in [3.63, 3.8) is 0 Å². The molecule has 2 heteroatoms. The van der Waals surface area contributed by atoms with Crippen molar-refractivity contribution in [1.29, 1.82) is 0 Å². The average molecular weight is 204 g/mol. The summed E-state index contributed by atoms with van der Waals surface area (Å²) in [5.41, 5.74) is 1.39. The molecule has 0 aromatic heterocycles. The van der Waals surface area contributed by atoms with Gasteiger partial charge in [-0.2, -0.15) is 0 Å². The first-order valence-corrected chi connectivity index (χ1v) is 5.34. The Balaban J connectivity index is 1.96. The van der Waals surface area contributed by atoms with Gasteiger partial charge in [-0.25, -0.2) is 0 Å². The number of rotatable bonds is 2. The minimum Gasteiger partial charge on any atom is -0.462 e. The molecule has 0 aromatic rings. The Morgan fingerprint density at radius 3 is 2.80 bits per heavy atom. The number of hydrogen-bond donors (Lipinski definition) is 1. The van der Waals surface area contributed by atoms with Crippen molar-refractivity contribution in [1.82, 2.24) is 0 Å². The van der Waals surface area contributed by atoms with Gasteiger partial charge in [-0.1, -0.05) is 17.7 Å². The largest absolute Gasteiger partial charge is 0.462 e. The van der Waals surface area contributed by atoms with Gasteiger partial charge in [-0.3, -0.25) is 0 Å². The maximum absolute atomic E-state index is 9.26. The lowest BCUT2D eigenvalue weighted by atomic mass is 10.1.